The fourth-order valence-corrected chi connectivity index (χ4v) is 5.64. The predicted molar refractivity (Wildman–Crippen MR) is 136 cm³/mol. The molecule has 0 unspecified atom stereocenters. The number of hydrogen-bond acceptors (Lipinski definition) is 5. The van der Waals surface area contributed by atoms with Crippen LogP contribution >= 0.6 is 11.6 Å². The summed E-state index contributed by atoms with van der Waals surface area (Å²) in [7, 11) is -3.89. The van der Waals surface area contributed by atoms with Gasteiger partial charge >= 0.3 is 0 Å². The molecule has 6 aromatic rings. The van der Waals surface area contributed by atoms with E-state index in [0.717, 1.165) is 9.54 Å². The zero-order chi connectivity index (χ0) is 25.0. The second-order valence-corrected chi connectivity index (χ2v) is 10.5. The summed E-state index contributed by atoms with van der Waals surface area (Å²) in [6, 6.07) is 19.5. The number of halogens is 2. The first-order valence-corrected chi connectivity index (χ1v) is 12.7. The minimum absolute atomic E-state index is 0.160. The Morgan fingerprint density at radius 2 is 1.67 bits per heavy atom. The first-order valence-electron chi connectivity index (χ1n) is 10.9. The Balaban J connectivity index is 1.62. The largest absolute Gasteiger partial charge is 0.269 e. The van der Waals surface area contributed by atoms with Crippen molar-refractivity contribution in [3.63, 3.8) is 0 Å². The molecule has 0 aliphatic rings. The predicted octanol–water partition coefficient (Wildman–Crippen LogP) is 5.75. The van der Waals surface area contributed by atoms with Crippen molar-refractivity contribution < 1.29 is 12.8 Å². The van der Waals surface area contributed by atoms with Gasteiger partial charge in [-0.1, -0.05) is 29.3 Å². The van der Waals surface area contributed by atoms with E-state index in [4.69, 9.17) is 16.6 Å². The highest BCUT2D eigenvalue weighted by Gasteiger charge is 2.24. The average Bonchev–Trinajstić information content (AvgIpc) is 3.47. The second-order valence-electron chi connectivity index (χ2n) is 8.27. The summed E-state index contributed by atoms with van der Waals surface area (Å²) < 4.78 is 43.3. The van der Waals surface area contributed by atoms with E-state index < -0.39 is 10.0 Å². The lowest BCUT2D eigenvalue weighted by molar-refractivity contribution is 0.588. The molecule has 0 aliphatic heterocycles. The molecule has 0 aliphatic carbocycles. The lowest BCUT2D eigenvalue weighted by atomic mass is 10.0. The highest BCUT2D eigenvalue weighted by Crippen LogP contribution is 2.37. The topological polar surface area (TPSA) is 82.1 Å². The van der Waals surface area contributed by atoms with Crippen molar-refractivity contribution in [3.8, 4) is 22.5 Å². The summed E-state index contributed by atoms with van der Waals surface area (Å²) in [5.41, 5.74) is 4.20. The molecule has 10 heteroatoms. The summed E-state index contributed by atoms with van der Waals surface area (Å²) in [5.74, 6) is -0.366. The van der Waals surface area contributed by atoms with Gasteiger partial charge in [0, 0.05) is 28.9 Å². The molecule has 2 aromatic carbocycles. The standard InChI is InChI=1S/C26H17ClFN5O2S/c1-16-2-8-19(9-3-16)36(34,35)32-15-13-21-20(12-14-29-26(21)32)25-24(17-4-6-18(28)7-5-17)30-23-11-10-22(27)31-33(23)25/h2-15H,1H3. The molecule has 0 N–H and O–H groups in total. The fourth-order valence-electron chi connectivity index (χ4n) is 4.20. The van der Waals surface area contributed by atoms with Crippen molar-refractivity contribution in [3.05, 3.63) is 102 Å². The number of aromatic nitrogens is 5. The molecular formula is C26H17ClFN5O2S. The van der Waals surface area contributed by atoms with E-state index in [1.807, 2.05) is 6.92 Å². The molecule has 0 amide bonds. The lowest BCUT2D eigenvalue weighted by Gasteiger charge is -2.09. The molecule has 4 heterocycles. The zero-order valence-electron chi connectivity index (χ0n) is 18.8. The number of pyridine rings is 1. The van der Waals surface area contributed by atoms with E-state index >= 15 is 0 Å². The third-order valence-corrected chi connectivity index (χ3v) is 7.83. The van der Waals surface area contributed by atoms with Crippen LogP contribution in [-0.2, 0) is 10.0 Å². The number of rotatable bonds is 4. The van der Waals surface area contributed by atoms with E-state index in [9.17, 15) is 12.8 Å². The van der Waals surface area contributed by atoms with Gasteiger partial charge in [0.2, 0.25) is 0 Å². The molecule has 7 nitrogen and oxygen atoms in total. The van der Waals surface area contributed by atoms with Gasteiger partial charge in [-0.25, -0.2) is 31.3 Å². The third-order valence-electron chi connectivity index (χ3n) is 5.95. The Morgan fingerprint density at radius 3 is 2.42 bits per heavy atom. The molecule has 0 spiro atoms. The van der Waals surface area contributed by atoms with Gasteiger partial charge in [0.1, 0.15) is 16.7 Å². The van der Waals surface area contributed by atoms with Gasteiger partial charge in [0.25, 0.3) is 10.0 Å². The number of imidazole rings is 1. The molecule has 0 fully saturated rings. The molecule has 0 saturated carbocycles. The van der Waals surface area contributed by atoms with Crippen molar-refractivity contribution in [1.29, 1.82) is 0 Å². The van der Waals surface area contributed by atoms with Gasteiger partial charge in [-0.05, 0) is 67.6 Å². The van der Waals surface area contributed by atoms with Crippen LogP contribution in [-0.4, -0.2) is 32.0 Å². The SMILES string of the molecule is Cc1ccc(S(=O)(=O)n2ccc3c(-c4c(-c5ccc(F)cc5)nc5ccc(Cl)nn45)ccnc32)cc1. The number of hydrogen-bond donors (Lipinski definition) is 0. The smallest absolute Gasteiger partial charge is 0.237 e. The van der Waals surface area contributed by atoms with Gasteiger partial charge in [-0.2, -0.15) is 5.10 Å². The summed E-state index contributed by atoms with van der Waals surface area (Å²) in [4.78, 5) is 9.27. The summed E-state index contributed by atoms with van der Waals surface area (Å²) in [6.07, 6.45) is 3.02. The van der Waals surface area contributed by atoms with Crippen LogP contribution in [0.2, 0.25) is 5.15 Å². The molecule has 4 aromatic heterocycles. The molecule has 178 valence electrons. The van der Waals surface area contributed by atoms with E-state index in [2.05, 4.69) is 10.1 Å². The van der Waals surface area contributed by atoms with Crippen molar-refractivity contribution in [2.45, 2.75) is 11.8 Å². The maximum atomic E-state index is 13.6. The first kappa shape index (κ1) is 22.4. The van der Waals surface area contributed by atoms with Gasteiger partial charge in [0.15, 0.2) is 11.3 Å². The quantitative estimate of drug-likeness (QED) is 0.297. The Hall–Kier alpha value is -4.08. The van der Waals surface area contributed by atoms with E-state index in [-0.39, 0.29) is 21.5 Å². The highest BCUT2D eigenvalue weighted by atomic mass is 35.5. The van der Waals surface area contributed by atoms with Gasteiger partial charge < -0.3 is 0 Å². The Kier molecular flexibility index (Phi) is 5.13. The van der Waals surface area contributed by atoms with Crippen LogP contribution in [0.5, 0.6) is 0 Å². The molecule has 36 heavy (non-hydrogen) atoms. The van der Waals surface area contributed by atoms with Crippen molar-refractivity contribution in [1.82, 2.24) is 23.6 Å². The van der Waals surface area contributed by atoms with E-state index in [0.29, 0.717) is 33.5 Å². The monoisotopic (exact) mass is 517 g/mol. The first-order chi connectivity index (χ1) is 17.3. The van der Waals surface area contributed by atoms with Gasteiger partial charge in [-0.3, -0.25) is 0 Å². The third kappa shape index (κ3) is 3.55. The lowest BCUT2D eigenvalue weighted by Crippen LogP contribution is -2.12. The number of benzene rings is 2. The number of fused-ring (bicyclic) bond motifs is 2. The average molecular weight is 518 g/mol. The molecule has 0 bridgehead atoms. The van der Waals surface area contributed by atoms with Crippen LogP contribution in [0.15, 0.2) is 90.1 Å². The summed E-state index contributed by atoms with van der Waals surface area (Å²) in [5, 5.41) is 5.28. The maximum Gasteiger partial charge on any atom is 0.269 e. The molecule has 6 rings (SSSR count). The van der Waals surface area contributed by atoms with Crippen LogP contribution in [0.3, 0.4) is 0 Å². The maximum absolute atomic E-state index is 13.6. The number of nitrogens with zero attached hydrogens (tertiary/aromatic N) is 5. The minimum atomic E-state index is -3.89. The zero-order valence-corrected chi connectivity index (χ0v) is 20.4. The van der Waals surface area contributed by atoms with Gasteiger partial charge in [-0.15, -0.1) is 0 Å². The van der Waals surface area contributed by atoms with Gasteiger partial charge in [0.05, 0.1) is 10.6 Å². The van der Waals surface area contributed by atoms with Crippen LogP contribution in [0.1, 0.15) is 5.56 Å². The Bertz CT molecular complexity index is 1880. The summed E-state index contributed by atoms with van der Waals surface area (Å²) >= 11 is 6.21. The van der Waals surface area contributed by atoms with E-state index in [1.54, 1.807) is 65.2 Å². The van der Waals surface area contributed by atoms with E-state index in [1.165, 1.54) is 24.5 Å². The Morgan fingerprint density at radius 1 is 0.917 bits per heavy atom. The van der Waals surface area contributed by atoms with Crippen LogP contribution in [0.4, 0.5) is 4.39 Å². The second kappa shape index (κ2) is 8.25. The normalized spacial score (nSPS) is 12.0. The van der Waals surface area contributed by atoms with Crippen molar-refractivity contribution in [2.75, 3.05) is 0 Å². The van der Waals surface area contributed by atoms with Crippen LogP contribution in [0, 0.1) is 12.7 Å². The molecule has 0 atom stereocenters. The Labute approximate surface area is 210 Å². The highest BCUT2D eigenvalue weighted by molar-refractivity contribution is 7.90. The van der Waals surface area contributed by atoms with Crippen LogP contribution < -0.4 is 0 Å². The molecule has 0 radical (unpaired) electrons. The molecular weight excluding hydrogens is 501 g/mol. The van der Waals surface area contributed by atoms with Crippen molar-refractivity contribution >= 4 is 38.3 Å². The minimum Gasteiger partial charge on any atom is -0.237 e. The van der Waals surface area contributed by atoms with Crippen molar-refractivity contribution in [2.24, 2.45) is 0 Å². The number of aryl methyl sites for hydroxylation is 1. The fraction of sp³-hybridized carbons (Fsp3) is 0.0385. The molecule has 0 saturated heterocycles. The summed E-state index contributed by atoms with van der Waals surface area (Å²) in [6.45, 7) is 1.89. The van der Waals surface area contributed by atoms with Crippen LogP contribution in [0.25, 0.3) is 39.2 Å².